The zero-order valence-electron chi connectivity index (χ0n) is 18.5. The van der Waals surface area contributed by atoms with Gasteiger partial charge in [0, 0.05) is 49.9 Å². The number of hydrogen-bond acceptors (Lipinski definition) is 8. The average molecular weight is 434 g/mol. The minimum absolute atomic E-state index is 0.0970. The molecule has 4 rings (SSSR count). The molecular weight excluding hydrogens is 404 g/mol. The lowest BCUT2D eigenvalue weighted by molar-refractivity contribution is -0.194. The first-order valence-corrected chi connectivity index (χ1v) is 10.6. The molecule has 0 aromatic heterocycles. The average Bonchev–Trinajstić information content (AvgIpc) is 3.07. The molecule has 2 saturated carbocycles. The van der Waals surface area contributed by atoms with Crippen LogP contribution >= 0.6 is 0 Å². The van der Waals surface area contributed by atoms with E-state index in [-0.39, 0.29) is 19.4 Å². The van der Waals surface area contributed by atoms with E-state index in [1.807, 2.05) is 13.8 Å². The van der Waals surface area contributed by atoms with Crippen molar-refractivity contribution >= 4 is 17.7 Å². The maximum absolute atomic E-state index is 12.9. The van der Waals surface area contributed by atoms with Crippen LogP contribution < -0.4 is 0 Å². The smallest absolute Gasteiger partial charge is 0.303 e. The molecule has 2 fully saturated rings. The highest BCUT2D eigenvalue weighted by atomic mass is 16.6. The van der Waals surface area contributed by atoms with Crippen LogP contribution in [0.1, 0.15) is 47.5 Å². The monoisotopic (exact) mass is 434 g/mol. The summed E-state index contributed by atoms with van der Waals surface area (Å²) in [7, 11) is 0. The largest absolute Gasteiger partial charge is 0.461 e. The molecule has 4 aliphatic carbocycles. The summed E-state index contributed by atoms with van der Waals surface area (Å²) in [5.41, 5.74) is -4.53. The summed E-state index contributed by atoms with van der Waals surface area (Å²) >= 11 is 0. The van der Waals surface area contributed by atoms with Gasteiger partial charge in [0.2, 0.25) is 0 Å². The van der Waals surface area contributed by atoms with E-state index in [0.717, 1.165) is 0 Å². The molecule has 4 aliphatic rings. The molecule has 7 atom stereocenters. The van der Waals surface area contributed by atoms with Gasteiger partial charge in [0.15, 0.2) is 5.78 Å². The number of ether oxygens (including phenoxy) is 2. The first kappa shape index (κ1) is 22.2. The minimum Gasteiger partial charge on any atom is -0.461 e. The highest BCUT2D eigenvalue weighted by Crippen LogP contribution is 2.75. The van der Waals surface area contributed by atoms with Crippen LogP contribution in [-0.4, -0.2) is 62.6 Å². The lowest BCUT2D eigenvalue weighted by atomic mass is 9.63. The van der Waals surface area contributed by atoms with Crippen molar-refractivity contribution in [3.63, 3.8) is 0 Å². The number of aliphatic hydroxyl groups excluding tert-OH is 1. The van der Waals surface area contributed by atoms with Gasteiger partial charge in [0.1, 0.15) is 17.8 Å². The van der Waals surface area contributed by atoms with Crippen LogP contribution in [0.25, 0.3) is 0 Å². The van der Waals surface area contributed by atoms with Gasteiger partial charge in [-0.15, -0.1) is 0 Å². The Labute approximate surface area is 180 Å². The SMILES string of the molecule is CC(=O)OCC1=C[C@H]2C3C(C)(C)[C@]3(OC(C)=O)[C@H](O)C[C@]2(O)[C@@H]2C=C(C)C(=O)[C@@]2(O)C1. The second-order valence-corrected chi connectivity index (χ2v) is 10.2. The molecule has 170 valence electrons. The van der Waals surface area contributed by atoms with Gasteiger partial charge >= 0.3 is 11.9 Å². The van der Waals surface area contributed by atoms with E-state index in [1.54, 1.807) is 19.1 Å². The van der Waals surface area contributed by atoms with E-state index in [4.69, 9.17) is 9.47 Å². The number of hydrogen-bond donors (Lipinski definition) is 3. The van der Waals surface area contributed by atoms with E-state index in [0.29, 0.717) is 11.1 Å². The molecule has 0 bridgehead atoms. The molecule has 8 heteroatoms. The van der Waals surface area contributed by atoms with Crippen molar-refractivity contribution < 1.29 is 39.2 Å². The van der Waals surface area contributed by atoms with Crippen molar-refractivity contribution in [1.82, 2.24) is 0 Å². The highest BCUT2D eigenvalue weighted by Gasteiger charge is 2.85. The van der Waals surface area contributed by atoms with E-state index in [1.165, 1.54) is 13.8 Å². The molecule has 0 amide bonds. The van der Waals surface area contributed by atoms with E-state index in [9.17, 15) is 29.7 Å². The number of ketones is 1. The molecule has 3 N–H and O–H groups in total. The molecule has 0 aromatic rings. The van der Waals surface area contributed by atoms with E-state index in [2.05, 4.69) is 0 Å². The van der Waals surface area contributed by atoms with Gasteiger partial charge in [0.25, 0.3) is 0 Å². The molecule has 0 aromatic carbocycles. The summed E-state index contributed by atoms with van der Waals surface area (Å²) in [6.07, 6.45) is 1.89. The van der Waals surface area contributed by atoms with E-state index >= 15 is 0 Å². The van der Waals surface area contributed by atoms with Crippen LogP contribution in [0, 0.1) is 23.2 Å². The second kappa shape index (κ2) is 6.49. The molecule has 31 heavy (non-hydrogen) atoms. The molecule has 0 aliphatic heterocycles. The summed E-state index contributed by atoms with van der Waals surface area (Å²) in [6.45, 7) is 7.75. The van der Waals surface area contributed by atoms with Crippen molar-refractivity contribution in [2.75, 3.05) is 6.61 Å². The van der Waals surface area contributed by atoms with Crippen molar-refractivity contribution in [3.05, 3.63) is 23.3 Å². The Morgan fingerprint density at radius 3 is 2.39 bits per heavy atom. The van der Waals surface area contributed by atoms with Crippen LogP contribution in [0.4, 0.5) is 0 Å². The quantitative estimate of drug-likeness (QED) is 0.440. The van der Waals surface area contributed by atoms with Crippen molar-refractivity contribution in [2.45, 2.75) is 70.4 Å². The number of aliphatic hydroxyl groups is 3. The third-order valence-corrected chi connectivity index (χ3v) is 8.02. The Kier molecular flexibility index (Phi) is 4.65. The Bertz CT molecular complexity index is 932. The van der Waals surface area contributed by atoms with Gasteiger partial charge in [0.05, 0.1) is 11.7 Å². The number of carbonyl (C=O) groups is 3. The Hall–Kier alpha value is -2.03. The Morgan fingerprint density at radius 2 is 1.81 bits per heavy atom. The Balaban J connectivity index is 1.86. The van der Waals surface area contributed by atoms with Crippen LogP contribution in [0.2, 0.25) is 0 Å². The van der Waals surface area contributed by atoms with Crippen LogP contribution in [0.3, 0.4) is 0 Å². The lowest BCUT2D eigenvalue weighted by Gasteiger charge is -2.48. The predicted molar refractivity (Wildman–Crippen MR) is 107 cm³/mol. The fourth-order valence-corrected chi connectivity index (χ4v) is 6.76. The lowest BCUT2D eigenvalue weighted by Crippen LogP contribution is -2.60. The van der Waals surface area contributed by atoms with Gasteiger partial charge in [-0.25, -0.2) is 0 Å². The van der Waals surface area contributed by atoms with Crippen molar-refractivity contribution in [3.8, 4) is 0 Å². The number of rotatable bonds is 3. The summed E-state index contributed by atoms with van der Waals surface area (Å²) < 4.78 is 10.8. The van der Waals surface area contributed by atoms with Gasteiger partial charge < -0.3 is 24.8 Å². The third kappa shape index (κ3) is 2.74. The maximum atomic E-state index is 12.9. The van der Waals surface area contributed by atoms with Gasteiger partial charge in [-0.05, 0) is 18.1 Å². The van der Waals surface area contributed by atoms with Crippen molar-refractivity contribution in [2.24, 2.45) is 23.2 Å². The van der Waals surface area contributed by atoms with Gasteiger partial charge in [-0.2, -0.15) is 0 Å². The van der Waals surface area contributed by atoms with Gasteiger partial charge in [-0.1, -0.05) is 26.0 Å². The predicted octanol–water partition coefficient (Wildman–Crippen LogP) is 0.826. The summed E-state index contributed by atoms with van der Waals surface area (Å²) in [5.74, 6) is -3.55. The zero-order chi connectivity index (χ0) is 23.1. The molecule has 0 saturated heterocycles. The first-order valence-electron chi connectivity index (χ1n) is 10.6. The summed E-state index contributed by atoms with van der Waals surface area (Å²) in [4.78, 5) is 36.2. The number of carbonyl (C=O) groups excluding carboxylic acids is 3. The van der Waals surface area contributed by atoms with Gasteiger partial charge in [-0.3, -0.25) is 14.4 Å². The normalized spacial score (nSPS) is 44.7. The molecule has 1 unspecified atom stereocenters. The standard InChI is InChI=1S/C23H30O8/c1-11-6-16-21(28)9-17(26)23(31-13(3)25)18(20(23,4)5)15(21)7-14(10-30-12(2)24)8-22(16,29)19(11)27/h6-7,15-18,26,28-29H,8-10H2,1-5H3/t15-,16-,17+,18?,21+,22+,23-/m0/s1. The van der Waals surface area contributed by atoms with E-state index < -0.39 is 63.8 Å². The molecule has 8 nitrogen and oxygen atoms in total. The second-order valence-electron chi connectivity index (χ2n) is 10.2. The zero-order valence-corrected chi connectivity index (χ0v) is 18.5. The number of fused-ring (bicyclic) bond motifs is 5. The first-order chi connectivity index (χ1) is 14.2. The number of esters is 2. The molecule has 0 spiro atoms. The summed E-state index contributed by atoms with van der Waals surface area (Å²) in [5, 5.41) is 34.6. The molecular formula is C23H30O8. The highest BCUT2D eigenvalue weighted by molar-refractivity contribution is 6.04. The summed E-state index contributed by atoms with van der Waals surface area (Å²) in [6, 6.07) is 0. The van der Waals surface area contributed by atoms with Crippen LogP contribution in [-0.2, 0) is 23.9 Å². The maximum Gasteiger partial charge on any atom is 0.303 e. The minimum atomic E-state index is -1.90. The fraction of sp³-hybridized carbons (Fsp3) is 0.696. The molecule has 0 heterocycles. The third-order valence-electron chi connectivity index (χ3n) is 8.02. The van der Waals surface area contributed by atoms with Crippen LogP contribution in [0.15, 0.2) is 23.3 Å². The van der Waals surface area contributed by atoms with Crippen LogP contribution in [0.5, 0.6) is 0 Å². The topological polar surface area (TPSA) is 130 Å². The fourth-order valence-electron chi connectivity index (χ4n) is 6.76. The number of Topliss-reactive ketones (excluding diaryl/α,β-unsaturated/α-hetero) is 1. The van der Waals surface area contributed by atoms with Crippen molar-refractivity contribution in [1.29, 1.82) is 0 Å². The Morgan fingerprint density at radius 1 is 1.16 bits per heavy atom. The molecule has 0 radical (unpaired) electrons.